The molecule has 0 aliphatic carbocycles. The highest BCUT2D eigenvalue weighted by Crippen LogP contribution is 2.26. The number of benzene rings is 1. The molecule has 1 saturated heterocycles. The van der Waals surface area contributed by atoms with Gasteiger partial charge < -0.3 is 14.2 Å². The molecule has 3 rings (SSSR count). The van der Waals surface area contributed by atoms with Gasteiger partial charge in [0.25, 0.3) is 5.91 Å². The second-order valence-corrected chi connectivity index (χ2v) is 6.59. The summed E-state index contributed by atoms with van der Waals surface area (Å²) in [4.78, 5) is 28.9. The minimum Gasteiger partial charge on any atom is -0.472 e. The maximum Gasteiger partial charge on any atom is 0.257 e. The molecule has 0 unspecified atom stereocenters. The summed E-state index contributed by atoms with van der Waals surface area (Å²) in [6, 6.07) is 11.5. The number of furan rings is 1. The van der Waals surface area contributed by atoms with E-state index in [0.717, 1.165) is 5.56 Å². The van der Waals surface area contributed by atoms with Gasteiger partial charge in [0.1, 0.15) is 6.26 Å². The van der Waals surface area contributed by atoms with Gasteiger partial charge in [-0.25, -0.2) is 0 Å². The van der Waals surface area contributed by atoms with Crippen LogP contribution in [0.5, 0.6) is 0 Å². The first-order valence-electron chi connectivity index (χ1n) is 8.16. The fraction of sp³-hybridized carbons (Fsp3) is 0.368. The van der Waals surface area contributed by atoms with Gasteiger partial charge in [0.2, 0.25) is 5.91 Å². The molecule has 1 fully saturated rings. The molecule has 5 heteroatoms. The van der Waals surface area contributed by atoms with Crippen molar-refractivity contribution in [2.75, 3.05) is 26.2 Å². The molecule has 0 spiro atoms. The third kappa shape index (κ3) is 3.07. The minimum atomic E-state index is -0.571. The Morgan fingerprint density at radius 2 is 1.58 bits per heavy atom. The lowest BCUT2D eigenvalue weighted by molar-refractivity contribution is -0.137. The van der Waals surface area contributed by atoms with E-state index in [1.807, 2.05) is 49.1 Å². The zero-order chi connectivity index (χ0) is 17.2. The third-order valence-electron chi connectivity index (χ3n) is 4.65. The van der Waals surface area contributed by atoms with Crippen LogP contribution in [0.1, 0.15) is 29.8 Å². The van der Waals surface area contributed by atoms with Crippen molar-refractivity contribution in [2.24, 2.45) is 0 Å². The molecule has 0 saturated carbocycles. The standard InChI is InChI=1S/C19H22N2O3/c1-19(2,16-6-4-3-5-7-16)18(23)21-11-9-20(10-12-21)17(22)15-8-13-24-14-15/h3-8,13-14H,9-12H2,1-2H3. The summed E-state index contributed by atoms with van der Waals surface area (Å²) in [5.74, 6) is 0.0577. The molecule has 0 radical (unpaired) electrons. The summed E-state index contributed by atoms with van der Waals surface area (Å²) in [6.45, 7) is 6.10. The van der Waals surface area contributed by atoms with Crippen molar-refractivity contribution in [1.82, 2.24) is 9.80 Å². The van der Waals surface area contributed by atoms with E-state index in [0.29, 0.717) is 31.7 Å². The average molecular weight is 326 g/mol. The van der Waals surface area contributed by atoms with Gasteiger partial charge in [-0.15, -0.1) is 0 Å². The molecule has 1 aromatic carbocycles. The molecule has 0 bridgehead atoms. The molecule has 1 aliphatic rings. The van der Waals surface area contributed by atoms with Gasteiger partial charge in [0.05, 0.1) is 17.2 Å². The molecule has 2 heterocycles. The number of amides is 2. The van der Waals surface area contributed by atoms with Crippen molar-refractivity contribution < 1.29 is 14.0 Å². The fourth-order valence-electron chi connectivity index (χ4n) is 3.05. The Morgan fingerprint density at radius 3 is 2.17 bits per heavy atom. The van der Waals surface area contributed by atoms with Crippen LogP contribution in [0.4, 0.5) is 0 Å². The van der Waals surface area contributed by atoms with E-state index in [1.165, 1.54) is 12.5 Å². The zero-order valence-electron chi connectivity index (χ0n) is 14.1. The molecular weight excluding hydrogens is 304 g/mol. The largest absolute Gasteiger partial charge is 0.472 e. The zero-order valence-corrected chi connectivity index (χ0v) is 14.1. The monoisotopic (exact) mass is 326 g/mol. The highest BCUT2D eigenvalue weighted by Gasteiger charge is 2.35. The van der Waals surface area contributed by atoms with Crippen LogP contribution in [0, 0.1) is 0 Å². The van der Waals surface area contributed by atoms with Gasteiger partial charge in [0.15, 0.2) is 0 Å². The Kier molecular flexibility index (Phi) is 4.42. The first kappa shape index (κ1) is 16.3. The van der Waals surface area contributed by atoms with Crippen LogP contribution in [0.25, 0.3) is 0 Å². The van der Waals surface area contributed by atoms with Crippen molar-refractivity contribution in [2.45, 2.75) is 19.3 Å². The second-order valence-electron chi connectivity index (χ2n) is 6.59. The van der Waals surface area contributed by atoms with E-state index in [1.54, 1.807) is 11.0 Å². The van der Waals surface area contributed by atoms with Crippen LogP contribution >= 0.6 is 0 Å². The number of piperazine rings is 1. The summed E-state index contributed by atoms with van der Waals surface area (Å²) in [5, 5.41) is 0. The number of hydrogen-bond donors (Lipinski definition) is 0. The Labute approximate surface area is 141 Å². The number of nitrogens with zero attached hydrogens (tertiary/aromatic N) is 2. The van der Waals surface area contributed by atoms with Gasteiger partial charge in [-0.05, 0) is 25.5 Å². The first-order chi connectivity index (χ1) is 11.5. The second kappa shape index (κ2) is 6.51. The van der Waals surface area contributed by atoms with Crippen LogP contribution in [0.3, 0.4) is 0 Å². The summed E-state index contributed by atoms with van der Waals surface area (Å²) >= 11 is 0. The summed E-state index contributed by atoms with van der Waals surface area (Å²) in [5.41, 5.74) is 0.990. The molecule has 24 heavy (non-hydrogen) atoms. The normalized spacial score (nSPS) is 15.4. The summed E-state index contributed by atoms with van der Waals surface area (Å²) in [6.07, 6.45) is 2.95. The third-order valence-corrected chi connectivity index (χ3v) is 4.65. The van der Waals surface area contributed by atoms with E-state index in [2.05, 4.69) is 0 Å². The smallest absolute Gasteiger partial charge is 0.257 e. The summed E-state index contributed by atoms with van der Waals surface area (Å²) < 4.78 is 4.97. The number of rotatable bonds is 3. The minimum absolute atomic E-state index is 0.0434. The van der Waals surface area contributed by atoms with Crippen molar-refractivity contribution in [3.8, 4) is 0 Å². The number of carbonyl (C=O) groups is 2. The van der Waals surface area contributed by atoms with E-state index >= 15 is 0 Å². The number of carbonyl (C=O) groups excluding carboxylic acids is 2. The van der Waals surface area contributed by atoms with Gasteiger partial charge in [0, 0.05) is 26.2 Å². The quantitative estimate of drug-likeness (QED) is 0.871. The predicted molar refractivity (Wildman–Crippen MR) is 90.7 cm³/mol. The SMILES string of the molecule is CC(C)(C(=O)N1CCN(C(=O)c2ccoc2)CC1)c1ccccc1. The molecule has 5 nitrogen and oxygen atoms in total. The van der Waals surface area contributed by atoms with Crippen LogP contribution < -0.4 is 0 Å². The average Bonchev–Trinajstić information content (AvgIpc) is 3.16. The molecule has 2 aromatic rings. The highest BCUT2D eigenvalue weighted by atomic mass is 16.3. The molecule has 1 aromatic heterocycles. The first-order valence-corrected chi connectivity index (χ1v) is 8.16. The Hall–Kier alpha value is -2.56. The van der Waals surface area contributed by atoms with E-state index < -0.39 is 5.41 Å². The lowest BCUT2D eigenvalue weighted by atomic mass is 9.83. The van der Waals surface area contributed by atoms with Gasteiger partial charge in [-0.2, -0.15) is 0 Å². The highest BCUT2D eigenvalue weighted by molar-refractivity contribution is 5.94. The van der Waals surface area contributed by atoms with Gasteiger partial charge in [-0.3, -0.25) is 9.59 Å². The van der Waals surface area contributed by atoms with E-state index in [4.69, 9.17) is 4.42 Å². The lowest BCUT2D eigenvalue weighted by Gasteiger charge is -2.38. The van der Waals surface area contributed by atoms with Crippen molar-refractivity contribution in [1.29, 1.82) is 0 Å². The van der Waals surface area contributed by atoms with Crippen molar-refractivity contribution in [3.63, 3.8) is 0 Å². The van der Waals surface area contributed by atoms with E-state index in [-0.39, 0.29) is 11.8 Å². The van der Waals surface area contributed by atoms with Crippen LogP contribution in [0.15, 0.2) is 53.3 Å². The van der Waals surface area contributed by atoms with E-state index in [9.17, 15) is 9.59 Å². The summed E-state index contributed by atoms with van der Waals surface area (Å²) in [7, 11) is 0. The lowest BCUT2D eigenvalue weighted by Crippen LogP contribution is -2.54. The molecule has 2 amide bonds. The van der Waals surface area contributed by atoms with Crippen LogP contribution in [-0.4, -0.2) is 47.8 Å². The molecule has 0 N–H and O–H groups in total. The fourth-order valence-corrected chi connectivity index (χ4v) is 3.05. The molecule has 0 atom stereocenters. The van der Waals surface area contributed by atoms with Gasteiger partial charge in [-0.1, -0.05) is 30.3 Å². The molecule has 1 aliphatic heterocycles. The maximum absolute atomic E-state index is 12.9. The predicted octanol–water partition coefficient (Wildman–Crippen LogP) is 2.54. The Bertz CT molecular complexity index is 699. The van der Waals surface area contributed by atoms with Crippen LogP contribution in [-0.2, 0) is 10.2 Å². The Balaban J connectivity index is 1.64. The van der Waals surface area contributed by atoms with Crippen molar-refractivity contribution >= 4 is 11.8 Å². The number of hydrogen-bond acceptors (Lipinski definition) is 3. The molecule has 126 valence electrons. The van der Waals surface area contributed by atoms with Crippen LogP contribution in [0.2, 0.25) is 0 Å². The maximum atomic E-state index is 12.9. The van der Waals surface area contributed by atoms with Gasteiger partial charge >= 0.3 is 0 Å². The Morgan fingerprint density at radius 1 is 0.958 bits per heavy atom. The molecular formula is C19H22N2O3. The topological polar surface area (TPSA) is 53.8 Å². The van der Waals surface area contributed by atoms with Crippen molar-refractivity contribution in [3.05, 3.63) is 60.1 Å².